The van der Waals surface area contributed by atoms with E-state index in [9.17, 15) is 19.2 Å². The highest BCUT2D eigenvalue weighted by atomic mass is 16.5. The Bertz CT molecular complexity index is 352. The van der Waals surface area contributed by atoms with E-state index >= 15 is 0 Å². The number of rotatable bonds is 8. The molecule has 108 valence electrons. The molecule has 7 nitrogen and oxygen atoms in total. The molecule has 0 saturated carbocycles. The monoisotopic (exact) mass is 273 g/mol. The predicted molar refractivity (Wildman–Crippen MR) is 65.1 cm³/mol. The van der Waals surface area contributed by atoms with Gasteiger partial charge in [0.15, 0.2) is 11.8 Å². The van der Waals surface area contributed by atoms with Crippen molar-refractivity contribution < 1.29 is 28.7 Å². The van der Waals surface area contributed by atoms with Crippen LogP contribution < -0.4 is 5.32 Å². The van der Waals surface area contributed by atoms with Crippen molar-refractivity contribution in [2.75, 3.05) is 13.2 Å². The fourth-order valence-electron chi connectivity index (χ4n) is 1.30. The molecule has 0 heterocycles. The molecule has 0 aromatic rings. The van der Waals surface area contributed by atoms with Gasteiger partial charge in [0.25, 0.3) is 0 Å². The zero-order chi connectivity index (χ0) is 14.8. The third-order valence-electron chi connectivity index (χ3n) is 2.07. The van der Waals surface area contributed by atoms with Crippen LogP contribution in [0.5, 0.6) is 0 Å². The first-order chi connectivity index (χ1) is 8.92. The van der Waals surface area contributed by atoms with Gasteiger partial charge in [0, 0.05) is 13.3 Å². The summed E-state index contributed by atoms with van der Waals surface area (Å²) in [4.78, 5) is 45.4. The molecule has 0 spiro atoms. The fraction of sp³-hybridized carbons (Fsp3) is 0.667. The number of ether oxygens (including phenoxy) is 2. The summed E-state index contributed by atoms with van der Waals surface area (Å²) in [7, 11) is 0. The van der Waals surface area contributed by atoms with Crippen LogP contribution in [-0.2, 0) is 28.7 Å². The van der Waals surface area contributed by atoms with E-state index in [1.807, 2.05) is 0 Å². The summed E-state index contributed by atoms with van der Waals surface area (Å²) < 4.78 is 9.36. The Morgan fingerprint density at radius 1 is 1.00 bits per heavy atom. The van der Waals surface area contributed by atoms with Gasteiger partial charge in [0.1, 0.15) is 0 Å². The zero-order valence-corrected chi connectivity index (χ0v) is 11.4. The van der Waals surface area contributed by atoms with E-state index < -0.39 is 29.7 Å². The van der Waals surface area contributed by atoms with Crippen molar-refractivity contribution in [1.82, 2.24) is 5.32 Å². The molecule has 0 aliphatic rings. The highest BCUT2D eigenvalue weighted by molar-refractivity contribution is 6.06. The number of carbonyl (C=O) groups is 4. The van der Waals surface area contributed by atoms with E-state index in [1.165, 1.54) is 6.92 Å². The summed E-state index contributed by atoms with van der Waals surface area (Å²) in [6.45, 7) is 4.75. The highest BCUT2D eigenvalue weighted by Gasteiger charge is 2.28. The number of carbonyl (C=O) groups excluding carboxylic acids is 4. The molecule has 1 N–H and O–H groups in total. The van der Waals surface area contributed by atoms with Crippen molar-refractivity contribution in [2.24, 2.45) is 0 Å². The Morgan fingerprint density at radius 3 is 2.05 bits per heavy atom. The van der Waals surface area contributed by atoms with Crippen molar-refractivity contribution in [3.05, 3.63) is 0 Å². The second kappa shape index (κ2) is 9.07. The molecule has 0 aromatic carbocycles. The van der Waals surface area contributed by atoms with Gasteiger partial charge in [-0.15, -0.1) is 0 Å². The lowest BCUT2D eigenvalue weighted by molar-refractivity contribution is -0.151. The molecule has 0 aromatic heterocycles. The summed E-state index contributed by atoms with van der Waals surface area (Å²) in [6, 6.07) is -1.37. The number of Topliss-reactive ketones (excluding diaryl/α,β-unsaturated/α-hetero) is 1. The Hall–Kier alpha value is -1.92. The highest BCUT2D eigenvalue weighted by Crippen LogP contribution is 2.01. The SMILES string of the molecule is CCOC(=O)CCC(=O)C(NC(C)=O)C(=O)OCC. The Balaban J connectivity index is 4.50. The largest absolute Gasteiger partial charge is 0.466 e. The summed E-state index contributed by atoms with van der Waals surface area (Å²) in [5, 5.41) is 2.20. The molecule has 0 fully saturated rings. The molecule has 1 unspecified atom stereocenters. The van der Waals surface area contributed by atoms with E-state index in [0.29, 0.717) is 0 Å². The topological polar surface area (TPSA) is 98.8 Å². The maximum Gasteiger partial charge on any atom is 0.336 e. The average molecular weight is 273 g/mol. The number of hydrogen-bond donors (Lipinski definition) is 1. The van der Waals surface area contributed by atoms with Gasteiger partial charge in [-0.2, -0.15) is 0 Å². The van der Waals surface area contributed by atoms with Gasteiger partial charge in [0.2, 0.25) is 5.91 Å². The van der Waals surface area contributed by atoms with E-state index in [2.05, 4.69) is 14.8 Å². The first kappa shape index (κ1) is 17.1. The quantitative estimate of drug-likeness (QED) is 0.492. The van der Waals surface area contributed by atoms with Gasteiger partial charge >= 0.3 is 11.9 Å². The van der Waals surface area contributed by atoms with Crippen LogP contribution in [0.25, 0.3) is 0 Å². The van der Waals surface area contributed by atoms with E-state index in [0.717, 1.165) is 0 Å². The van der Waals surface area contributed by atoms with Crippen LogP contribution in [0.1, 0.15) is 33.6 Å². The molecular formula is C12H19NO6. The summed E-state index contributed by atoms with van der Waals surface area (Å²) in [6.07, 6.45) is -0.329. The van der Waals surface area contributed by atoms with Crippen LogP contribution in [-0.4, -0.2) is 42.9 Å². The summed E-state index contributed by atoms with van der Waals surface area (Å²) in [5.41, 5.74) is 0. The maximum absolute atomic E-state index is 11.8. The van der Waals surface area contributed by atoms with Crippen LogP contribution in [0.3, 0.4) is 0 Å². The smallest absolute Gasteiger partial charge is 0.336 e. The van der Waals surface area contributed by atoms with Crippen molar-refractivity contribution in [3.63, 3.8) is 0 Å². The van der Waals surface area contributed by atoms with E-state index in [-0.39, 0.29) is 26.1 Å². The standard InChI is InChI=1S/C12H19NO6/c1-4-18-10(16)7-6-9(15)11(13-8(3)14)12(17)19-5-2/h11H,4-7H2,1-3H3,(H,13,14). The van der Waals surface area contributed by atoms with Crippen molar-refractivity contribution in [1.29, 1.82) is 0 Å². The minimum atomic E-state index is -1.37. The second-order valence-corrected chi connectivity index (χ2v) is 3.66. The number of esters is 2. The number of amides is 1. The summed E-state index contributed by atoms with van der Waals surface area (Å²) in [5.74, 6) is -2.46. The Labute approximate surface area is 111 Å². The summed E-state index contributed by atoms with van der Waals surface area (Å²) >= 11 is 0. The van der Waals surface area contributed by atoms with Crippen LogP contribution in [0, 0.1) is 0 Å². The van der Waals surface area contributed by atoms with Gasteiger partial charge < -0.3 is 14.8 Å². The van der Waals surface area contributed by atoms with E-state index in [4.69, 9.17) is 0 Å². The first-order valence-corrected chi connectivity index (χ1v) is 6.04. The minimum absolute atomic E-state index is 0.0973. The normalized spacial score (nSPS) is 11.3. The van der Waals surface area contributed by atoms with Gasteiger partial charge in [0.05, 0.1) is 19.6 Å². The van der Waals surface area contributed by atoms with Crippen LogP contribution in [0.4, 0.5) is 0 Å². The van der Waals surface area contributed by atoms with Crippen molar-refractivity contribution in [3.8, 4) is 0 Å². The third-order valence-corrected chi connectivity index (χ3v) is 2.07. The molecule has 0 bridgehead atoms. The van der Waals surface area contributed by atoms with Gasteiger partial charge in [-0.1, -0.05) is 0 Å². The first-order valence-electron chi connectivity index (χ1n) is 6.04. The molecule has 7 heteroatoms. The molecule has 0 rings (SSSR count). The van der Waals surface area contributed by atoms with E-state index in [1.54, 1.807) is 13.8 Å². The molecule has 1 amide bonds. The van der Waals surface area contributed by atoms with Crippen molar-refractivity contribution in [2.45, 2.75) is 39.7 Å². The average Bonchev–Trinajstić information content (AvgIpc) is 2.33. The van der Waals surface area contributed by atoms with Crippen LogP contribution in [0.2, 0.25) is 0 Å². The van der Waals surface area contributed by atoms with Crippen LogP contribution >= 0.6 is 0 Å². The lowest BCUT2D eigenvalue weighted by Gasteiger charge is -2.14. The van der Waals surface area contributed by atoms with Gasteiger partial charge in [-0.05, 0) is 13.8 Å². The number of hydrogen-bond acceptors (Lipinski definition) is 6. The Morgan fingerprint density at radius 2 is 1.58 bits per heavy atom. The van der Waals surface area contributed by atoms with Gasteiger partial charge in [-0.25, -0.2) is 4.79 Å². The molecule has 0 aliphatic carbocycles. The predicted octanol–water partition coefficient (Wildman–Crippen LogP) is -0.0334. The third kappa shape index (κ3) is 7.17. The van der Waals surface area contributed by atoms with Crippen molar-refractivity contribution >= 4 is 23.6 Å². The fourth-order valence-corrected chi connectivity index (χ4v) is 1.30. The minimum Gasteiger partial charge on any atom is -0.466 e. The molecule has 0 saturated heterocycles. The zero-order valence-electron chi connectivity index (χ0n) is 11.4. The maximum atomic E-state index is 11.8. The molecule has 19 heavy (non-hydrogen) atoms. The van der Waals surface area contributed by atoms with Gasteiger partial charge in [-0.3, -0.25) is 14.4 Å². The lowest BCUT2D eigenvalue weighted by Crippen LogP contribution is -2.46. The molecule has 1 atom stereocenters. The lowest BCUT2D eigenvalue weighted by atomic mass is 10.1. The number of nitrogens with one attached hydrogen (secondary N) is 1. The van der Waals surface area contributed by atoms with Crippen LogP contribution in [0.15, 0.2) is 0 Å². The number of ketones is 1. The second-order valence-electron chi connectivity index (χ2n) is 3.66. The Kier molecular flexibility index (Phi) is 8.15. The molecule has 0 radical (unpaired) electrons. The molecular weight excluding hydrogens is 254 g/mol. The molecule has 0 aliphatic heterocycles.